The van der Waals surface area contributed by atoms with E-state index < -0.39 is 0 Å². The standard InChI is InChI=1S/C41H31NS2/c1-30(41(34-10-4-2-5-11-34)35-12-6-3-7-13-35)31-16-22-36(23-17-31)42(37-24-18-32(19-25-37)39-14-8-28-43-39)38-26-20-33(21-27-38)40-15-9-29-44-40/h2-29H,1H3. The molecule has 0 radical (unpaired) electrons. The second-order valence-electron chi connectivity index (χ2n) is 10.7. The number of hydrogen-bond acceptors (Lipinski definition) is 3. The first-order valence-electron chi connectivity index (χ1n) is 14.7. The van der Waals surface area contributed by atoms with Gasteiger partial charge in [-0.1, -0.05) is 109 Å². The van der Waals surface area contributed by atoms with Gasteiger partial charge in [0.15, 0.2) is 0 Å². The van der Waals surface area contributed by atoms with Crippen LogP contribution < -0.4 is 4.90 Å². The van der Waals surface area contributed by atoms with Gasteiger partial charge in [0.1, 0.15) is 0 Å². The lowest BCUT2D eigenvalue weighted by Crippen LogP contribution is -2.09. The lowest BCUT2D eigenvalue weighted by Gasteiger charge is -2.26. The Bertz CT molecular complexity index is 1830. The number of anilines is 3. The van der Waals surface area contributed by atoms with Crippen LogP contribution in [0.3, 0.4) is 0 Å². The highest BCUT2D eigenvalue weighted by molar-refractivity contribution is 7.13. The summed E-state index contributed by atoms with van der Waals surface area (Å²) < 4.78 is 0. The molecule has 2 aromatic heterocycles. The van der Waals surface area contributed by atoms with E-state index >= 15 is 0 Å². The Kier molecular flexibility index (Phi) is 8.05. The molecule has 3 heteroatoms. The third kappa shape index (κ3) is 5.80. The van der Waals surface area contributed by atoms with E-state index in [2.05, 4.69) is 180 Å². The lowest BCUT2D eigenvalue weighted by molar-refractivity contribution is 1.28. The van der Waals surface area contributed by atoms with Crippen molar-refractivity contribution in [2.75, 3.05) is 4.90 Å². The van der Waals surface area contributed by atoms with Crippen LogP contribution in [0.25, 0.3) is 32.0 Å². The Morgan fingerprint density at radius 2 is 0.818 bits per heavy atom. The zero-order chi connectivity index (χ0) is 29.7. The fraction of sp³-hybridized carbons (Fsp3) is 0.0244. The van der Waals surface area contributed by atoms with Crippen molar-refractivity contribution in [2.24, 2.45) is 0 Å². The molecular formula is C41H31NS2. The molecule has 0 saturated carbocycles. The van der Waals surface area contributed by atoms with Crippen molar-refractivity contribution in [1.29, 1.82) is 0 Å². The highest BCUT2D eigenvalue weighted by atomic mass is 32.1. The molecule has 2 heterocycles. The molecule has 0 bridgehead atoms. The van der Waals surface area contributed by atoms with E-state index in [-0.39, 0.29) is 0 Å². The average Bonchev–Trinajstić information content (AvgIpc) is 3.83. The largest absolute Gasteiger partial charge is 0.311 e. The van der Waals surface area contributed by atoms with Crippen LogP contribution in [0, 0.1) is 0 Å². The highest BCUT2D eigenvalue weighted by Crippen LogP contribution is 2.39. The number of allylic oxidation sites excluding steroid dienone is 1. The molecule has 0 amide bonds. The Morgan fingerprint density at radius 3 is 1.20 bits per heavy atom. The predicted octanol–water partition coefficient (Wildman–Crippen LogP) is 12.6. The van der Waals surface area contributed by atoms with Crippen molar-refractivity contribution in [3.63, 3.8) is 0 Å². The summed E-state index contributed by atoms with van der Waals surface area (Å²) in [6.45, 7) is 2.23. The van der Waals surface area contributed by atoms with Gasteiger partial charge in [-0.15, -0.1) is 22.7 Å². The summed E-state index contributed by atoms with van der Waals surface area (Å²) in [5.41, 5.74) is 12.0. The molecule has 0 saturated heterocycles. The fourth-order valence-electron chi connectivity index (χ4n) is 5.70. The minimum absolute atomic E-state index is 1.12. The maximum absolute atomic E-state index is 2.34. The van der Waals surface area contributed by atoms with E-state index in [1.165, 1.54) is 48.7 Å². The first-order chi connectivity index (χ1) is 21.7. The molecule has 0 spiro atoms. The maximum atomic E-state index is 2.34. The highest BCUT2D eigenvalue weighted by Gasteiger charge is 2.15. The van der Waals surface area contributed by atoms with Gasteiger partial charge >= 0.3 is 0 Å². The summed E-state index contributed by atoms with van der Waals surface area (Å²) in [5.74, 6) is 0. The molecule has 5 aromatic carbocycles. The molecule has 212 valence electrons. The third-order valence-corrected chi connectivity index (χ3v) is 9.76. The Balaban J connectivity index is 1.29. The van der Waals surface area contributed by atoms with Gasteiger partial charge in [0.25, 0.3) is 0 Å². The number of hydrogen-bond donors (Lipinski definition) is 0. The van der Waals surface area contributed by atoms with E-state index in [4.69, 9.17) is 0 Å². The lowest BCUT2D eigenvalue weighted by atomic mass is 9.90. The van der Waals surface area contributed by atoms with Gasteiger partial charge in [0.2, 0.25) is 0 Å². The first kappa shape index (κ1) is 27.8. The van der Waals surface area contributed by atoms with Crippen LogP contribution >= 0.6 is 22.7 Å². The minimum Gasteiger partial charge on any atom is -0.311 e. The normalized spacial score (nSPS) is 10.8. The van der Waals surface area contributed by atoms with Gasteiger partial charge in [-0.2, -0.15) is 0 Å². The molecular weight excluding hydrogens is 571 g/mol. The van der Waals surface area contributed by atoms with Gasteiger partial charge in [0, 0.05) is 26.8 Å². The SMILES string of the molecule is CC(=C(c1ccccc1)c1ccccc1)c1ccc(N(c2ccc(-c3cccs3)cc2)c2ccc(-c3cccs3)cc2)cc1. The molecule has 7 aromatic rings. The van der Waals surface area contributed by atoms with E-state index in [0.717, 1.165) is 17.1 Å². The molecule has 0 N–H and O–H groups in total. The van der Waals surface area contributed by atoms with E-state index in [9.17, 15) is 0 Å². The molecule has 1 nitrogen and oxygen atoms in total. The predicted molar refractivity (Wildman–Crippen MR) is 192 cm³/mol. The van der Waals surface area contributed by atoms with Gasteiger partial charge in [-0.25, -0.2) is 0 Å². The van der Waals surface area contributed by atoms with Crippen molar-refractivity contribution in [3.05, 3.63) is 185 Å². The summed E-state index contributed by atoms with van der Waals surface area (Å²) in [4.78, 5) is 4.90. The van der Waals surface area contributed by atoms with Crippen molar-refractivity contribution in [2.45, 2.75) is 6.92 Å². The first-order valence-corrected chi connectivity index (χ1v) is 16.5. The molecule has 0 unspecified atom stereocenters. The molecule has 0 aliphatic heterocycles. The van der Waals surface area contributed by atoms with Crippen molar-refractivity contribution in [1.82, 2.24) is 0 Å². The Labute approximate surface area is 267 Å². The van der Waals surface area contributed by atoms with Gasteiger partial charge < -0.3 is 4.90 Å². The molecule has 7 rings (SSSR count). The summed E-state index contributed by atoms with van der Waals surface area (Å²) in [6, 6.07) is 56.7. The van der Waals surface area contributed by atoms with Crippen LogP contribution in [-0.2, 0) is 0 Å². The summed E-state index contributed by atoms with van der Waals surface area (Å²) in [7, 11) is 0. The smallest absolute Gasteiger partial charge is 0.0462 e. The number of rotatable bonds is 8. The van der Waals surface area contributed by atoms with E-state index in [1.54, 1.807) is 22.7 Å². The molecule has 0 atom stereocenters. The van der Waals surface area contributed by atoms with Gasteiger partial charge in [0.05, 0.1) is 0 Å². The quantitative estimate of drug-likeness (QED) is 0.157. The Morgan fingerprint density at radius 1 is 0.409 bits per heavy atom. The van der Waals surface area contributed by atoms with Crippen LogP contribution in [0.5, 0.6) is 0 Å². The Hall–Kier alpha value is -4.96. The number of benzene rings is 5. The summed E-state index contributed by atoms with van der Waals surface area (Å²) in [6.07, 6.45) is 0. The minimum atomic E-state index is 1.12. The number of thiophene rings is 2. The zero-order valence-electron chi connectivity index (χ0n) is 24.4. The summed E-state index contributed by atoms with van der Waals surface area (Å²) >= 11 is 3.54. The maximum Gasteiger partial charge on any atom is 0.0462 e. The van der Waals surface area contributed by atoms with E-state index in [0.29, 0.717) is 0 Å². The molecule has 0 aliphatic rings. The average molecular weight is 602 g/mol. The fourth-order valence-corrected chi connectivity index (χ4v) is 7.16. The van der Waals surface area contributed by atoms with Crippen molar-refractivity contribution >= 4 is 50.9 Å². The van der Waals surface area contributed by atoms with Crippen LogP contribution in [0.4, 0.5) is 17.1 Å². The summed E-state index contributed by atoms with van der Waals surface area (Å²) in [5, 5.41) is 4.26. The second-order valence-corrected chi connectivity index (χ2v) is 12.6. The monoisotopic (exact) mass is 601 g/mol. The van der Waals surface area contributed by atoms with Crippen molar-refractivity contribution in [3.8, 4) is 20.9 Å². The topological polar surface area (TPSA) is 3.24 Å². The number of nitrogens with zero attached hydrogens (tertiary/aromatic N) is 1. The van der Waals surface area contributed by atoms with Crippen LogP contribution in [-0.4, -0.2) is 0 Å². The second kappa shape index (κ2) is 12.7. The van der Waals surface area contributed by atoms with Crippen LogP contribution in [0.2, 0.25) is 0 Å². The van der Waals surface area contributed by atoms with Gasteiger partial charge in [-0.3, -0.25) is 0 Å². The van der Waals surface area contributed by atoms with E-state index in [1.807, 2.05) is 0 Å². The third-order valence-electron chi connectivity index (χ3n) is 7.92. The zero-order valence-corrected chi connectivity index (χ0v) is 26.1. The molecule has 0 fully saturated rings. The van der Waals surface area contributed by atoms with Crippen LogP contribution in [0.1, 0.15) is 23.6 Å². The van der Waals surface area contributed by atoms with Crippen molar-refractivity contribution < 1.29 is 0 Å². The molecule has 0 aliphatic carbocycles. The molecule has 44 heavy (non-hydrogen) atoms. The van der Waals surface area contributed by atoms with Gasteiger partial charge in [-0.05, 0) is 105 Å². The van der Waals surface area contributed by atoms with Crippen LogP contribution in [0.15, 0.2) is 168 Å².